The number of amides is 1. The number of methoxy groups -OCH3 is 1. The summed E-state index contributed by atoms with van der Waals surface area (Å²) in [6.45, 7) is 4.05. The quantitative estimate of drug-likeness (QED) is 0.852. The van der Waals surface area contributed by atoms with E-state index in [2.05, 4.69) is 0 Å². The number of hydrogen-bond acceptors (Lipinski definition) is 4. The fraction of sp³-hybridized carbons (Fsp3) is 0.429. The van der Waals surface area contributed by atoms with E-state index in [4.69, 9.17) is 4.74 Å². The van der Waals surface area contributed by atoms with Gasteiger partial charge in [-0.15, -0.1) is 0 Å². The van der Waals surface area contributed by atoms with Gasteiger partial charge in [0.15, 0.2) is 5.12 Å². The van der Waals surface area contributed by atoms with Crippen molar-refractivity contribution in [2.24, 2.45) is 0 Å². The lowest BCUT2D eigenvalue weighted by Crippen LogP contribution is -2.25. The molecule has 1 aromatic rings. The van der Waals surface area contributed by atoms with Gasteiger partial charge in [0, 0.05) is 30.7 Å². The number of carbonyl (C=O) groups excluding carboxylic acids is 2. The standard InChI is InChI=1S/C14H17NO3S/c1-9-12(5-4-6-13(9)18-3)15-8-11(7-14(15)17)19-10(2)16/h4-6,11H,7-8H2,1-3H3. The fourth-order valence-corrected chi connectivity index (χ4v) is 3.26. The maximum absolute atomic E-state index is 12.1. The molecule has 19 heavy (non-hydrogen) atoms. The molecule has 1 heterocycles. The van der Waals surface area contributed by atoms with E-state index in [1.165, 1.54) is 18.7 Å². The van der Waals surface area contributed by atoms with Crippen molar-refractivity contribution in [3.05, 3.63) is 23.8 Å². The molecule has 1 amide bonds. The van der Waals surface area contributed by atoms with Gasteiger partial charge in [0.25, 0.3) is 0 Å². The third-order valence-electron chi connectivity index (χ3n) is 3.19. The minimum absolute atomic E-state index is 0.0515. The van der Waals surface area contributed by atoms with E-state index in [0.717, 1.165) is 17.0 Å². The Morgan fingerprint density at radius 1 is 1.47 bits per heavy atom. The van der Waals surface area contributed by atoms with Gasteiger partial charge in [0.1, 0.15) is 5.75 Å². The van der Waals surface area contributed by atoms with Crippen LogP contribution in [-0.4, -0.2) is 29.9 Å². The lowest BCUT2D eigenvalue weighted by molar-refractivity contribution is -0.117. The molecule has 0 bridgehead atoms. The Morgan fingerprint density at radius 2 is 2.21 bits per heavy atom. The number of nitrogens with zero attached hydrogens (tertiary/aromatic N) is 1. The molecule has 0 aliphatic carbocycles. The zero-order valence-corrected chi connectivity index (χ0v) is 12.1. The Morgan fingerprint density at radius 3 is 2.84 bits per heavy atom. The van der Waals surface area contributed by atoms with Crippen LogP contribution in [0.25, 0.3) is 0 Å². The predicted molar refractivity (Wildman–Crippen MR) is 76.8 cm³/mol. The number of carbonyl (C=O) groups is 2. The van der Waals surface area contributed by atoms with Crippen LogP contribution in [0.2, 0.25) is 0 Å². The van der Waals surface area contributed by atoms with E-state index in [1.54, 1.807) is 12.0 Å². The molecule has 1 aliphatic heterocycles. The molecule has 0 aromatic heterocycles. The van der Waals surface area contributed by atoms with Gasteiger partial charge in [-0.1, -0.05) is 17.8 Å². The molecule has 1 saturated heterocycles. The molecule has 4 nitrogen and oxygen atoms in total. The molecule has 2 rings (SSSR count). The first-order valence-electron chi connectivity index (χ1n) is 6.14. The molecule has 0 saturated carbocycles. The summed E-state index contributed by atoms with van der Waals surface area (Å²) in [7, 11) is 1.62. The zero-order chi connectivity index (χ0) is 14.0. The van der Waals surface area contributed by atoms with Crippen molar-refractivity contribution in [1.82, 2.24) is 0 Å². The van der Waals surface area contributed by atoms with Crippen molar-refractivity contribution in [2.75, 3.05) is 18.6 Å². The van der Waals surface area contributed by atoms with Crippen molar-refractivity contribution < 1.29 is 14.3 Å². The fourth-order valence-electron chi connectivity index (χ4n) is 2.34. The van der Waals surface area contributed by atoms with Crippen molar-refractivity contribution in [3.63, 3.8) is 0 Å². The van der Waals surface area contributed by atoms with Crippen LogP contribution in [0.1, 0.15) is 18.9 Å². The zero-order valence-electron chi connectivity index (χ0n) is 11.3. The Hall–Kier alpha value is -1.49. The number of rotatable bonds is 3. The largest absolute Gasteiger partial charge is 0.496 e. The van der Waals surface area contributed by atoms with Crippen LogP contribution in [-0.2, 0) is 9.59 Å². The van der Waals surface area contributed by atoms with Crippen LogP contribution >= 0.6 is 11.8 Å². The molecule has 1 aliphatic rings. The predicted octanol–water partition coefficient (Wildman–Crippen LogP) is 2.39. The van der Waals surface area contributed by atoms with E-state index in [0.29, 0.717) is 13.0 Å². The summed E-state index contributed by atoms with van der Waals surface area (Å²) in [4.78, 5) is 25.0. The molecule has 102 valence electrons. The molecule has 1 aromatic carbocycles. The average molecular weight is 279 g/mol. The summed E-state index contributed by atoms with van der Waals surface area (Å²) < 4.78 is 5.27. The molecule has 0 radical (unpaired) electrons. The smallest absolute Gasteiger partial charge is 0.228 e. The molecule has 1 atom stereocenters. The normalized spacial score (nSPS) is 18.8. The molecule has 0 spiro atoms. The number of anilines is 1. The average Bonchev–Trinajstić information content (AvgIpc) is 2.69. The van der Waals surface area contributed by atoms with E-state index in [-0.39, 0.29) is 16.3 Å². The van der Waals surface area contributed by atoms with Gasteiger partial charge < -0.3 is 9.64 Å². The van der Waals surface area contributed by atoms with Gasteiger partial charge in [0.05, 0.1) is 12.8 Å². The van der Waals surface area contributed by atoms with Crippen molar-refractivity contribution in [1.29, 1.82) is 0 Å². The Kier molecular flexibility index (Phi) is 4.14. The third-order valence-corrected chi connectivity index (χ3v) is 4.17. The van der Waals surface area contributed by atoms with Crippen molar-refractivity contribution in [3.8, 4) is 5.75 Å². The second-order valence-corrected chi connectivity index (χ2v) is 6.02. The van der Waals surface area contributed by atoms with Gasteiger partial charge in [0.2, 0.25) is 5.91 Å². The summed E-state index contributed by atoms with van der Waals surface area (Å²) in [5.41, 5.74) is 1.82. The second-order valence-electron chi connectivity index (χ2n) is 4.54. The molecular weight excluding hydrogens is 262 g/mol. The van der Waals surface area contributed by atoms with E-state index in [1.807, 2.05) is 25.1 Å². The Balaban J connectivity index is 2.23. The SMILES string of the molecule is COc1cccc(N2CC(SC(C)=O)CC2=O)c1C. The minimum atomic E-state index is 0.0515. The summed E-state index contributed by atoms with van der Waals surface area (Å²) in [6.07, 6.45) is 0.418. The van der Waals surface area contributed by atoms with Crippen LogP contribution in [0.15, 0.2) is 18.2 Å². The molecule has 0 N–H and O–H groups in total. The number of ether oxygens (including phenoxy) is 1. The first-order chi connectivity index (χ1) is 9.02. The van der Waals surface area contributed by atoms with Gasteiger partial charge in [-0.2, -0.15) is 0 Å². The topological polar surface area (TPSA) is 46.6 Å². The molecule has 1 fully saturated rings. The number of benzene rings is 1. The highest BCUT2D eigenvalue weighted by Gasteiger charge is 2.32. The maximum atomic E-state index is 12.1. The minimum Gasteiger partial charge on any atom is -0.496 e. The van der Waals surface area contributed by atoms with Crippen LogP contribution in [0, 0.1) is 6.92 Å². The lowest BCUT2D eigenvalue weighted by Gasteiger charge is -2.20. The molecule has 5 heteroatoms. The summed E-state index contributed by atoms with van der Waals surface area (Å²) in [5, 5.41) is 0.109. The molecule has 1 unspecified atom stereocenters. The van der Waals surface area contributed by atoms with Gasteiger partial charge in [-0.05, 0) is 19.1 Å². The second kappa shape index (κ2) is 5.65. The highest BCUT2D eigenvalue weighted by molar-refractivity contribution is 8.14. The van der Waals surface area contributed by atoms with Gasteiger partial charge >= 0.3 is 0 Å². The number of thioether (sulfide) groups is 1. The Bertz CT molecular complexity index is 515. The van der Waals surface area contributed by atoms with E-state index in [9.17, 15) is 9.59 Å². The van der Waals surface area contributed by atoms with Gasteiger partial charge in [-0.25, -0.2) is 0 Å². The Labute approximate surface area is 117 Å². The first-order valence-corrected chi connectivity index (χ1v) is 7.02. The summed E-state index contributed by atoms with van der Waals surface area (Å²) >= 11 is 1.25. The summed E-state index contributed by atoms with van der Waals surface area (Å²) in [6, 6.07) is 5.66. The van der Waals surface area contributed by atoms with Crippen molar-refractivity contribution in [2.45, 2.75) is 25.5 Å². The van der Waals surface area contributed by atoms with Crippen LogP contribution in [0.4, 0.5) is 5.69 Å². The van der Waals surface area contributed by atoms with E-state index < -0.39 is 0 Å². The highest BCUT2D eigenvalue weighted by Crippen LogP contribution is 2.33. The highest BCUT2D eigenvalue weighted by atomic mass is 32.2. The molecular formula is C14H17NO3S. The number of hydrogen-bond donors (Lipinski definition) is 0. The van der Waals surface area contributed by atoms with Gasteiger partial charge in [-0.3, -0.25) is 9.59 Å². The van der Waals surface area contributed by atoms with Crippen molar-refractivity contribution >= 4 is 28.5 Å². The van der Waals surface area contributed by atoms with Crippen LogP contribution in [0.5, 0.6) is 5.75 Å². The maximum Gasteiger partial charge on any atom is 0.228 e. The monoisotopic (exact) mass is 279 g/mol. The summed E-state index contributed by atoms with van der Waals surface area (Å²) in [5.74, 6) is 0.836. The van der Waals surface area contributed by atoms with Crippen LogP contribution in [0.3, 0.4) is 0 Å². The third kappa shape index (κ3) is 2.92. The lowest BCUT2D eigenvalue weighted by atomic mass is 10.1. The van der Waals surface area contributed by atoms with E-state index >= 15 is 0 Å². The van der Waals surface area contributed by atoms with Crippen LogP contribution < -0.4 is 9.64 Å². The first kappa shape index (κ1) is 13.9.